The number of carbonyl (C=O) groups excluding carboxylic acids is 4. The second-order valence-corrected chi connectivity index (χ2v) is 17.2. The lowest BCUT2D eigenvalue weighted by Gasteiger charge is -2.28. The van der Waals surface area contributed by atoms with Crippen LogP contribution >= 0.6 is 34.8 Å². The average molecular weight is 1020 g/mol. The van der Waals surface area contributed by atoms with Gasteiger partial charge in [-0.3, -0.25) is 19.2 Å². The molecular weight excluding hydrogens is 973 g/mol. The maximum atomic E-state index is 13.2. The number of benzene rings is 4. The van der Waals surface area contributed by atoms with Crippen LogP contribution in [-0.4, -0.2) is 55.2 Å². The Balaban J connectivity index is 0.000000258. The summed E-state index contributed by atoms with van der Waals surface area (Å²) in [6, 6.07) is 24.1. The summed E-state index contributed by atoms with van der Waals surface area (Å²) in [5.41, 5.74) is 4.42. The fourth-order valence-corrected chi connectivity index (χ4v) is 7.34. The van der Waals surface area contributed by atoms with Gasteiger partial charge in [0.05, 0.1) is 11.1 Å². The predicted octanol–water partition coefficient (Wildman–Crippen LogP) is 12.0. The molecule has 0 fully saturated rings. The van der Waals surface area contributed by atoms with E-state index in [0.717, 1.165) is 6.92 Å². The second kappa shape index (κ2) is 22.5. The first-order valence-corrected chi connectivity index (χ1v) is 21.6. The third kappa shape index (κ3) is 14.0. The summed E-state index contributed by atoms with van der Waals surface area (Å²) in [5, 5.41) is 22.1. The normalized spacial score (nSPS) is 13.1. The number of nitrogens with one attached hydrogen (secondary N) is 1. The number of alkyl halides is 6. The summed E-state index contributed by atoms with van der Waals surface area (Å²) in [5.74, 6) is -0.937. The molecule has 4 aromatic carbocycles. The van der Waals surface area contributed by atoms with Crippen LogP contribution in [0.2, 0.25) is 10.3 Å². The summed E-state index contributed by atoms with van der Waals surface area (Å²) in [7, 11) is 0. The molecule has 19 heteroatoms. The highest BCUT2D eigenvalue weighted by atomic mass is 35.5. The Morgan fingerprint density at radius 3 is 1.35 bits per heavy atom. The number of nitrogen functional groups attached to an aromatic ring is 1. The zero-order chi connectivity index (χ0) is 51.8. The molecule has 2 unspecified atom stereocenters. The fraction of sp³-hybridized carbons (Fsp3) is 0.240. The van der Waals surface area contributed by atoms with Crippen LogP contribution in [0.1, 0.15) is 99.8 Å². The lowest BCUT2D eigenvalue weighted by molar-refractivity contribution is -0.259. The SMILES string of the molecule is Cc1cc(C(C)(O)C(F)(F)F)cc(C)c1CC(=O)c1cccc(N)c1.Cc1cc(C(C)(O)C(F)(F)F)cc(C)c1CC(=O)c1cccc(NC(=O)c2cccnc2Cl)c1.O=C(Cl)c1cccnc1Cl. The largest absolute Gasteiger partial charge is 0.421 e. The van der Waals surface area contributed by atoms with Gasteiger partial charge in [-0.15, -0.1) is 0 Å². The number of aryl methyl sites for hydroxylation is 4. The molecule has 0 aliphatic heterocycles. The number of anilines is 2. The molecule has 0 bridgehead atoms. The van der Waals surface area contributed by atoms with Gasteiger partial charge in [0, 0.05) is 47.7 Å². The number of amides is 1. The van der Waals surface area contributed by atoms with Gasteiger partial charge in [-0.25, -0.2) is 9.97 Å². The van der Waals surface area contributed by atoms with Crippen LogP contribution in [0, 0.1) is 27.7 Å². The highest BCUT2D eigenvalue weighted by Gasteiger charge is 2.52. The van der Waals surface area contributed by atoms with Crippen molar-refractivity contribution in [3.05, 3.63) is 187 Å². The van der Waals surface area contributed by atoms with E-state index in [1.165, 1.54) is 54.9 Å². The molecule has 0 radical (unpaired) electrons. The molecule has 2 aromatic heterocycles. The van der Waals surface area contributed by atoms with Crippen LogP contribution in [0.25, 0.3) is 0 Å². The van der Waals surface area contributed by atoms with Gasteiger partial charge in [-0.1, -0.05) is 71.7 Å². The molecule has 10 nitrogen and oxygen atoms in total. The fourth-order valence-electron chi connectivity index (χ4n) is 6.73. The van der Waals surface area contributed by atoms with Crippen LogP contribution in [0.4, 0.5) is 37.7 Å². The highest BCUT2D eigenvalue weighted by molar-refractivity contribution is 6.68. The third-order valence-corrected chi connectivity index (χ3v) is 11.7. The van der Waals surface area contributed by atoms with Crippen molar-refractivity contribution >= 4 is 68.9 Å². The zero-order valence-electron chi connectivity index (χ0n) is 37.7. The Morgan fingerprint density at radius 1 is 0.594 bits per heavy atom. The molecular formula is C50H45Cl3F6N4O6. The van der Waals surface area contributed by atoms with Gasteiger partial charge in [0.15, 0.2) is 22.8 Å². The van der Waals surface area contributed by atoms with Gasteiger partial charge in [-0.2, -0.15) is 26.3 Å². The first-order valence-electron chi connectivity index (χ1n) is 20.5. The molecule has 1 amide bonds. The quantitative estimate of drug-likeness (QED) is 0.0324. The molecule has 6 aromatic rings. The van der Waals surface area contributed by atoms with E-state index in [1.54, 1.807) is 82.3 Å². The number of aromatic nitrogens is 2. The number of Topliss-reactive ketones (excluding diaryl/α,β-unsaturated/α-hetero) is 2. The van der Waals surface area contributed by atoms with Gasteiger partial charge in [0.2, 0.25) is 0 Å². The van der Waals surface area contributed by atoms with E-state index < -0.39 is 34.7 Å². The monoisotopic (exact) mass is 1020 g/mol. The number of halogens is 9. The van der Waals surface area contributed by atoms with Crippen molar-refractivity contribution in [1.82, 2.24) is 9.97 Å². The van der Waals surface area contributed by atoms with Crippen LogP contribution in [0.5, 0.6) is 0 Å². The van der Waals surface area contributed by atoms with E-state index in [4.69, 9.17) is 40.5 Å². The van der Waals surface area contributed by atoms with E-state index in [1.807, 2.05) is 0 Å². The van der Waals surface area contributed by atoms with Crippen molar-refractivity contribution in [3.63, 3.8) is 0 Å². The highest BCUT2D eigenvalue weighted by Crippen LogP contribution is 2.41. The number of carbonyl (C=O) groups is 4. The number of nitrogens with zero attached hydrogens (tertiary/aromatic N) is 2. The molecule has 364 valence electrons. The average Bonchev–Trinajstić information content (AvgIpc) is 3.25. The van der Waals surface area contributed by atoms with Gasteiger partial charge in [-0.05, 0) is 146 Å². The van der Waals surface area contributed by atoms with Crippen molar-refractivity contribution in [2.24, 2.45) is 0 Å². The number of ketones is 2. The van der Waals surface area contributed by atoms with Crippen LogP contribution in [-0.2, 0) is 24.0 Å². The summed E-state index contributed by atoms with van der Waals surface area (Å²) in [6.45, 7) is 7.87. The Labute approximate surface area is 408 Å². The van der Waals surface area contributed by atoms with E-state index in [2.05, 4.69) is 15.3 Å². The van der Waals surface area contributed by atoms with Crippen molar-refractivity contribution in [1.29, 1.82) is 0 Å². The predicted molar refractivity (Wildman–Crippen MR) is 253 cm³/mol. The van der Waals surface area contributed by atoms with E-state index in [-0.39, 0.29) is 57.0 Å². The van der Waals surface area contributed by atoms with Gasteiger partial charge < -0.3 is 21.3 Å². The minimum absolute atomic E-state index is 0.0473. The Hall–Kier alpha value is -6.17. The van der Waals surface area contributed by atoms with E-state index >= 15 is 0 Å². The van der Waals surface area contributed by atoms with Crippen molar-refractivity contribution in [3.8, 4) is 0 Å². The minimum atomic E-state index is -4.84. The molecule has 0 spiro atoms. The van der Waals surface area contributed by atoms with E-state index in [0.29, 0.717) is 62.8 Å². The number of aliphatic hydroxyl groups is 2. The molecule has 0 aliphatic rings. The van der Waals surface area contributed by atoms with Crippen molar-refractivity contribution < 1.29 is 55.7 Å². The molecule has 6 rings (SSSR count). The van der Waals surface area contributed by atoms with Crippen LogP contribution < -0.4 is 11.1 Å². The molecule has 0 saturated heterocycles. The lowest BCUT2D eigenvalue weighted by Crippen LogP contribution is -2.39. The molecule has 0 aliphatic carbocycles. The number of pyridine rings is 2. The number of rotatable bonds is 11. The summed E-state index contributed by atoms with van der Waals surface area (Å²) in [6.07, 6.45) is -6.68. The number of nitrogens with two attached hydrogens (primary N) is 1. The lowest BCUT2D eigenvalue weighted by atomic mass is 9.87. The maximum Gasteiger partial charge on any atom is 0.421 e. The first-order chi connectivity index (χ1) is 32.0. The topological polar surface area (TPSA) is 173 Å². The van der Waals surface area contributed by atoms with Crippen molar-refractivity contribution in [2.45, 2.75) is 77.9 Å². The van der Waals surface area contributed by atoms with Crippen LogP contribution in [0.3, 0.4) is 0 Å². The second-order valence-electron chi connectivity index (χ2n) is 16.1. The Bertz CT molecular complexity index is 2840. The molecule has 2 atom stereocenters. The third-order valence-electron chi connectivity index (χ3n) is 10.9. The zero-order valence-corrected chi connectivity index (χ0v) is 40.0. The van der Waals surface area contributed by atoms with Gasteiger partial charge in [0.1, 0.15) is 10.3 Å². The Morgan fingerprint density at radius 2 is 0.986 bits per heavy atom. The number of hydrogen-bond donors (Lipinski definition) is 4. The van der Waals surface area contributed by atoms with Gasteiger partial charge in [0.25, 0.3) is 11.1 Å². The smallest absolute Gasteiger partial charge is 0.399 e. The summed E-state index contributed by atoms with van der Waals surface area (Å²) in [4.78, 5) is 55.9. The molecule has 2 heterocycles. The van der Waals surface area contributed by atoms with E-state index in [9.17, 15) is 55.7 Å². The molecule has 5 N–H and O–H groups in total. The Kier molecular flexibility index (Phi) is 18.1. The number of hydrogen-bond acceptors (Lipinski definition) is 9. The molecule has 0 saturated carbocycles. The summed E-state index contributed by atoms with van der Waals surface area (Å²) >= 11 is 16.6. The maximum absolute atomic E-state index is 13.2. The standard InChI is InChI=1S/C25H22ClF3N2O3.C19H20F3NO2.C6H3Cl2NO/c1-14-10-17(24(3,34)25(27,28)29)11-15(2)20(14)13-21(32)16-6-4-7-18(12-16)31-23(33)19-8-5-9-30-22(19)26;1-11-7-14(18(3,25)19(20,21)22)8-12(2)16(11)10-17(24)13-5-4-6-15(23)9-13;7-5-4(6(8)10)2-1-3-9-5/h4-12,34H,13H2,1-3H3,(H,31,33);4-9,25H,10,23H2,1-3H3;1-3H. The van der Waals surface area contributed by atoms with Crippen LogP contribution in [0.15, 0.2) is 109 Å². The minimum Gasteiger partial charge on any atom is -0.399 e. The van der Waals surface area contributed by atoms with Crippen molar-refractivity contribution in [2.75, 3.05) is 11.1 Å². The first kappa shape index (κ1) is 55.4. The summed E-state index contributed by atoms with van der Waals surface area (Å²) < 4.78 is 78.8. The van der Waals surface area contributed by atoms with Gasteiger partial charge >= 0.3 is 12.4 Å². The molecule has 69 heavy (non-hydrogen) atoms.